The van der Waals surface area contributed by atoms with Gasteiger partial charge in [-0.15, -0.1) is 0 Å². The molecule has 2 aromatic rings. The molecule has 6 heteroatoms. The van der Waals surface area contributed by atoms with Crippen LogP contribution in [0.2, 0.25) is 0 Å². The molecule has 0 amide bonds. The van der Waals surface area contributed by atoms with Crippen LogP contribution in [0, 0.1) is 5.92 Å². The number of nitrogens with one attached hydrogen (secondary N) is 1. The molecule has 1 fully saturated rings. The Morgan fingerprint density at radius 1 is 1.11 bits per heavy atom. The van der Waals surface area contributed by atoms with Gasteiger partial charge in [0.2, 0.25) is 10.0 Å². The molecule has 3 rings (SSSR count). The standard InChI is InChI=1S/C21H29N3O2S/c1-2-5-18-7-9-21(10-8-18)27(25,26)23-16-19-11-14-24(15-12-19)17-20-6-3-4-13-22-20/h3-4,6-10,13,19,23H,2,5,11-12,14-17H2,1H3. The first kappa shape index (κ1) is 20.0. The second-order valence-corrected chi connectivity index (χ2v) is 9.05. The Morgan fingerprint density at radius 2 is 1.85 bits per heavy atom. The van der Waals surface area contributed by atoms with Crippen LogP contribution in [0.3, 0.4) is 0 Å². The zero-order chi connectivity index (χ0) is 19.1. The Balaban J connectivity index is 1.46. The van der Waals surface area contributed by atoms with Crippen LogP contribution in [0.25, 0.3) is 0 Å². The van der Waals surface area contributed by atoms with Crippen molar-refractivity contribution >= 4 is 10.0 Å². The summed E-state index contributed by atoms with van der Waals surface area (Å²) in [5.74, 6) is 0.388. The molecular formula is C21H29N3O2S. The summed E-state index contributed by atoms with van der Waals surface area (Å²) < 4.78 is 27.8. The smallest absolute Gasteiger partial charge is 0.240 e. The number of aromatic nitrogens is 1. The zero-order valence-corrected chi connectivity index (χ0v) is 16.8. The Labute approximate surface area is 162 Å². The molecule has 1 aliphatic heterocycles. The van der Waals surface area contributed by atoms with Crippen LogP contribution in [-0.4, -0.2) is 37.9 Å². The van der Waals surface area contributed by atoms with Gasteiger partial charge in [0.15, 0.2) is 0 Å². The maximum Gasteiger partial charge on any atom is 0.240 e. The summed E-state index contributed by atoms with van der Waals surface area (Å²) in [5.41, 5.74) is 2.26. The van der Waals surface area contributed by atoms with Crippen molar-refractivity contribution in [3.05, 3.63) is 59.9 Å². The number of likely N-dealkylation sites (tertiary alicyclic amines) is 1. The molecule has 5 nitrogen and oxygen atoms in total. The lowest BCUT2D eigenvalue weighted by Crippen LogP contribution is -2.38. The number of pyridine rings is 1. The van der Waals surface area contributed by atoms with E-state index in [9.17, 15) is 8.42 Å². The highest BCUT2D eigenvalue weighted by Gasteiger charge is 2.22. The maximum absolute atomic E-state index is 12.5. The van der Waals surface area contributed by atoms with E-state index in [1.807, 2.05) is 36.5 Å². The Bertz CT molecular complexity index is 799. The van der Waals surface area contributed by atoms with Gasteiger partial charge < -0.3 is 0 Å². The van der Waals surface area contributed by atoms with Crippen molar-refractivity contribution in [1.82, 2.24) is 14.6 Å². The lowest BCUT2D eigenvalue weighted by Gasteiger charge is -2.31. The predicted octanol–water partition coefficient (Wildman–Crippen LogP) is 3.22. The molecule has 146 valence electrons. The number of rotatable bonds is 8. The fourth-order valence-electron chi connectivity index (χ4n) is 3.50. The van der Waals surface area contributed by atoms with E-state index in [1.165, 1.54) is 5.56 Å². The summed E-state index contributed by atoms with van der Waals surface area (Å²) in [6.07, 6.45) is 5.87. The fraction of sp³-hybridized carbons (Fsp3) is 0.476. The predicted molar refractivity (Wildman–Crippen MR) is 108 cm³/mol. The van der Waals surface area contributed by atoms with Crippen molar-refractivity contribution in [3.63, 3.8) is 0 Å². The second kappa shape index (κ2) is 9.44. The van der Waals surface area contributed by atoms with Gasteiger partial charge in [0.1, 0.15) is 0 Å². The van der Waals surface area contributed by atoms with Crippen molar-refractivity contribution in [2.24, 2.45) is 5.92 Å². The number of piperidine rings is 1. The Kier molecular flexibility index (Phi) is 6.99. The summed E-state index contributed by atoms with van der Waals surface area (Å²) in [5, 5.41) is 0. The van der Waals surface area contributed by atoms with E-state index in [1.54, 1.807) is 12.1 Å². The monoisotopic (exact) mass is 387 g/mol. The third kappa shape index (κ3) is 5.86. The third-order valence-corrected chi connectivity index (χ3v) is 6.59. The van der Waals surface area contributed by atoms with Gasteiger partial charge >= 0.3 is 0 Å². The molecule has 1 aliphatic rings. The van der Waals surface area contributed by atoms with Crippen LogP contribution in [0.4, 0.5) is 0 Å². The minimum absolute atomic E-state index is 0.356. The van der Waals surface area contributed by atoms with Gasteiger partial charge in [-0.05, 0) is 68.1 Å². The number of hydrogen-bond acceptors (Lipinski definition) is 4. The molecule has 0 aliphatic carbocycles. The van der Waals surface area contributed by atoms with E-state index in [0.717, 1.165) is 51.0 Å². The number of nitrogens with zero attached hydrogens (tertiary/aromatic N) is 2. The topological polar surface area (TPSA) is 62.3 Å². The second-order valence-electron chi connectivity index (χ2n) is 7.29. The molecule has 0 unspecified atom stereocenters. The average Bonchev–Trinajstić information content (AvgIpc) is 2.69. The summed E-state index contributed by atoms with van der Waals surface area (Å²) in [6, 6.07) is 13.2. The van der Waals surface area contributed by atoms with E-state index in [2.05, 4.69) is 21.5 Å². The lowest BCUT2D eigenvalue weighted by atomic mass is 9.97. The fourth-order valence-corrected chi connectivity index (χ4v) is 4.62. The molecule has 1 N–H and O–H groups in total. The zero-order valence-electron chi connectivity index (χ0n) is 16.0. The van der Waals surface area contributed by atoms with Crippen LogP contribution in [0.1, 0.15) is 37.4 Å². The molecule has 0 bridgehead atoms. The first-order valence-corrected chi connectivity index (χ1v) is 11.3. The van der Waals surface area contributed by atoms with Gasteiger partial charge in [0.25, 0.3) is 0 Å². The molecular weight excluding hydrogens is 358 g/mol. The summed E-state index contributed by atoms with van der Waals surface area (Å²) in [6.45, 7) is 5.46. The van der Waals surface area contributed by atoms with Gasteiger partial charge in [-0.3, -0.25) is 9.88 Å². The largest absolute Gasteiger partial charge is 0.297 e. The van der Waals surface area contributed by atoms with Crippen LogP contribution < -0.4 is 4.72 Å². The van der Waals surface area contributed by atoms with Crippen molar-refractivity contribution in [2.75, 3.05) is 19.6 Å². The molecule has 0 atom stereocenters. The van der Waals surface area contributed by atoms with E-state index in [4.69, 9.17) is 0 Å². The van der Waals surface area contributed by atoms with Crippen LogP contribution >= 0.6 is 0 Å². The molecule has 2 heterocycles. The SMILES string of the molecule is CCCc1ccc(S(=O)(=O)NCC2CCN(Cc3ccccn3)CC2)cc1. The third-order valence-electron chi connectivity index (χ3n) is 5.15. The molecule has 27 heavy (non-hydrogen) atoms. The minimum atomic E-state index is -3.43. The van der Waals surface area contributed by atoms with E-state index in [0.29, 0.717) is 17.4 Å². The van der Waals surface area contributed by atoms with Crippen molar-refractivity contribution in [1.29, 1.82) is 0 Å². The van der Waals surface area contributed by atoms with E-state index in [-0.39, 0.29) is 0 Å². The molecule has 0 saturated carbocycles. The van der Waals surface area contributed by atoms with Crippen molar-refractivity contribution in [2.45, 2.75) is 44.0 Å². The number of aryl methyl sites for hydroxylation is 1. The van der Waals surface area contributed by atoms with Crippen LogP contribution in [0.5, 0.6) is 0 Å². The molecule has 0 spiro atoms. The van der Waals surface area contributed by atoms with Gasteiger partial charge in [-0.1, -0.05) is 31.5 Å². The van der Waals surface area contributed by atoms with Gasteiger partial charge in [-0.2, -0.15) is 0 Å². The highest BCUT2D eigenvalue weighted by molar-refractivity contribution is 7.89. The molecule has 1 aromatic carbocycles. The Morgan fingerprint density at radius 3 is 2.48 bits per heavy atom. The average molecular weight is 388 g/mol. The first-order valence-electron chi connectivity index (χ1n) is 9.77. The highest BCUT2D eigenvalue weighted by atomic mass is 32.2. The number of sulfonamides is 1. The minimum Gasteiger partial charge on any atom is -0.297 e. The number of hydrogen-bond donors (Lipinski definition) is 1. The van der Waals surface area contributed by atoms with Crippen molar-refractivity contribution < 1.29 is 8.42 Å². The van der Waals surface area contributed by atoms with Gasteiger partial charge in [-0.25, -0.2) is 13.1 Å². The highest BCUT2D eigenvalue weighted by Crippen LogP contribution is 2.19. The quantitative estimate of drug-likeness (QED) is 0.755. The van der Waals surface area contributed by atoms with Crippen molar-refractivity contribution in [3.8, 4) is 0 Å². The maximum atomic E-state index is 12.5. The summed E-state index contributed by atoms with van der Waals surface area (Å²) in [7, 11) is -3.43. The van der Waals surface area contributed by atoms with Gasteiger partial charge in [0, 0.05) is 19.3 Å². The van der Waals surface area contributed by atoms with Gasteiger partial charge in [0.05, 0.1) is 10.6 Å². The summed E-state index contributed by atoms with van der Waals surface area (Å²) >= 11 is 0. The van der Waals surface area contributed by atoms with Crippen LogP contribution in [-0.2, 0) is 23.0 Å². The van der Waals surface area contributed by atoms with E-state index >= 15 is 0 Å². The first-order chi connectivity index (χ1) is 13.1. The number of benzene rings is 1. The lowest BCUT2D eigenvalue weighted by molar-refractivity contribution is 0.177. The molecule has 0 radical (unpaired) electrons. The molecule has 1 saturated heterocycles. The summed E-state index contributed by atoms with van der Waals surface area (Å²) in [4.78, 5) is 7.12. The Hall–Kier alpha value is -1.76. The molecule has 1 aromatic heterocycles. The van der Waals surface area contributed by atoms with Crippen LogP contribution in [0.15, 0.2) is 53.6 Å². The normalized spacial score (nSPS) is 16.5. The van der Waals surface area contributed by atoms with E-state index < -0.39 is 10.0 Å².